The van der Waals surface area contributed by atoms with Crippen LogP contribution in [0.4, 0.5) is 0 Å². The third-order valence-electron chi connectivity index (χ3n) is 3.33. The molecule has 0 heterocycles. The van der Waals surface area contributed by atoms with E-state index in [1.165, 1.54) is 16.7 Å². The molecule has 0 radical (unpaired) electrons. The fraction of sp³-hybridized carbons (Fsp3) is 0.429. The van der Waals surface area contributed by atoms with E-state index in [2.05, 4.69) is 94.8 Å². The SMILES string of the molecule is CC=C(C)c1cccc(CN(C)CC=CC#CC(C)(C)C)c1. The molecule has 1 heteroatoms. The molecule has 1 nitrogen and oxygen atoms in total. The van der Waals surface area contributed by atoms with Crippen LogP contribution in [-0.4, -0.2) is 18.5 Å². The summed E-state index contributed by atoms with van der Waals surface area (Å²) in [5.74, 6) is 6.32. The van der Waals surface area contributed by atoms with Gasteiger partial charge in [-0.1, -0.05) is 48.3 Å². The van der Waals surface area contributed by atoms with Crippen LogP contribution in [0.25, 0.3) is 5.57 Å². The average Bonchev–Trinajstić information content (AvgIpc) is 2.45. The molecule has 0 saturated heterocycles. The van der Waals surface area contributed by atoms with Gasteiger partial charge in [0.15, 0.2) is 0 Å². The van der Waals surface area contributed by atoms with Gasteiger partial charge in [-0.25, -0.2) is 0 Å². The Labute approximate surface area is 136 Å². The molecule has 0 saturated carbocycles. The van der Waals surface area contributed by atoms with Crippen molar-refractivity contribution in [1.29, 1.82) is 0 Å². The lowest BCUT2D eigenvalue weighted by Crippen LogP contribution is -2.17. The van der Waals surface area contributed by atoms with Gasteiger partial charge < -0.3 is 0 Å². The van der Waals surface area contributed by atoms with Crippen molar-refractivity contribution >= 4 is 5.57 Å². The van der Waals surface area contributed by atoms with Crippen LogP contribution in [0.15, 0.2) is 42.5 Å². The lowest BCUT2D eigenvalue weighted by Gasteiger charge is -2.15. The van der Waals surface area contributed by atoms with Crippen molar-refractivity contribution in [2.45, 2.75) is 41.2 Å². The third kappa shape index (κ3) is 7.29. The van der Waals surface area contributed by atoms with Crippen LogP contribution in [0.1, 0.15) is 45.7 Å². The monoisotopic (exact) mass is 295 g/mol. The minimum Gasteiger partial charge on any atom is -0.298 e. The molecule has 1 aromatic rings. The molecule has 0 atom stereocenters. The first kappa shape index (κ1) is 18.3. The maximum Gasteiger partial charge on any atom is 0.0234 e. The van der Waals surface area contributed by atoms with E-state index >= 15 is 0 Å². The highest BCUT2D eigenvalue weighted by Crippen LogP contribution is 2.16. The van der Waals surface area contributed by atoms with Crippen LogP contribution < -0.4 is 0 Å². The first-order chi connectivity index (χ1) is 10.3. The maximum absolute atomic E-state index is 3.21. The Hall–Kier alpha value is -1.78. The Morgan fingerprint density at radius 1 is 1.27 bits per heavy atom. The molecule has 0 bridgehead atoms. The van der Waals surface area contributed by atoms with E-state index in [4.69, 9.17) is 0 Å². The van der Waals surface area contributed by atoms with Gasteiger partial charge in [0.1, 0.15) is 0 Å². The predicted molar refractivity (Wildman–Crippen MR) is 98.5 cm³/mol. The summed E-state index contributed by atoms with van der Waals surface area (Å²) in [6.45, 7) is 12.5. The van der Waals surface area contributed by atoms with Crippen molar-refractivity contribution in [3.05, 3.63) is 53.6 Å². The zero-order chi connectivity index (χ0) is 16.6. The second kappa shape index (κ2) is 8.61. The van der Waals surface area contributed by atoms with E-state index in [0.29, 0.717) is 0 Å². The average molecular weight is 295 g/mol. The van der Waals surface area contributed by atoms with Crippen LogP contribution in [0.2, 0.25) is 0 Å². The molecule has 0 N–H and O–H groups in total. The van der Waals surface area contributed by atoms with Gasteiger partial charge in [-0.2, -0.15) is 0 Å². The number of allylic oxidation sites excluding steroid dienone is 3. The standard InChI is InChI=1S/C21H29N/c1-7-18(2)20-13-11-12-19(16-20)17-22(6)15-10-8-9-14-21(3,4)5/h7-8,10-13,16H,15,17H2,1-6H3. The molecule has 0 unspecified atom stereocenters. The Kier molecular flexibility index (Phi) is 7.15. The summed E-state index contributed by atoms with van der Waals surface area (Å²) in [5, 5.41) is 0. The van der Waals surface area contributed by atoms with Crippen LogP contribution in [0.5, 0.6) is 0 Å². The third-order valence-corrected chi connectivity index (χ3v) is 3.33. The molecule has 0 aromatic heterocycles. The smallest absolute Gasteiger partial charge is 0.0234 e. The van der Waals surface area contributed by atoms with Crippen LogP contribution in [0.3, 0.4) is 0 Å². The van der Waals surface area contributed by atoms with E-state index in [1.807, 2.05) is 6.08 Å². The molecule has 0 fully saturated rings. The Balaban J connectivity index is 2.57. The normalized spacial score (nSPS) is 12.6. The molecule has 0 spiro atoms. The molecule has 1 aromatic carbocycles. The van der Waals surface area contributed by atoms with E-state index in [9.17, 15) is 0 Å². The van der Waals surface area contributed by atoms with E-state index in [0.717, 1.165) is 13.1 Å². The fourth-order valence-corrected chi connectivity index (χ4v) is 2.01. The summed E-state index contributed by atoms with van der Waals surface area (Å²) in [4.78, 5) is 2.29. The van der Waals surface area contributed by atoms with E-state index < -0.39 is 0 Å². The second-order valence-electron chi connectivity index (χ2n) is 6.79. The van der Waals surface area contributed by atoms with Gasteiger partial charge in [-0.3, -0.25) is 4.90 Å². The molecule has 22 heavy (non-hydrogen) atoms. The van der Waals surface area contributed by atoms with Gasteiger partial charge in [0.05, 0.1) is 0 Å². The second-order valence-corrected chi connectivity index (χ2v) is 6.79. The Morgan fingerprint density at radius 2 is 2.00 bits per heavy atom. The fourth-order valence-electron chi connectivity index (χ4n) is 2.01. The quantitative estimate of drug-likeness (QED) is 0.679. The van der Waals surface area contributed by atoms with Crippen molar-refractivity contribution < 1.29 is 0 Å². The van der Waals surface area contributed by atoms with Crippen molar-refractivity contribution in [3.63, 3.8) is 0 Å². The van der Waals surface area contributed by atoms with Gasteiger partial charge in [0, 0.05) is 18.5 Å². The lowest BCUT2D eigenvalue weighted by molar-refractivity contribution is 0.363. The first-order valence-corrected chi connectivity index (χ1v) is 7.90. The van der Waals surface area contributed by atoms with Crippen molar-refractivity contribution in [3.8, 4) is 11.8 Å². The highest BCUT2D eigenvalue weighted by atomic mass is 15.1. The topological polar surface area (TPSA) is 3.24 Å². The first-order valence-electron chi connectivity index (χ1n) is 7.90. The zero-order valence-corrected chi connectivity index (χ0v) is 14.9. The number of rotatable bonds is 5. The number of benzene rings is 1. The molecule has 0 aliphatic heterocycles. The Bertz CT molecular complexity index is 588. The maximum atomic E-state index is 3.21. The molecule has 0 aliphatic carbocycles. The van der Waals surface area contributed by atoms with Crippen LogP contribution >= 0.6 is 0 Å². The van der Waals surface area contributed by atoms with Crippen molar-refractivity contribution in [2.24, 2.45) is 5.41 Å². The molecule has 1 rings (SSSR count). The molecule has 0 aliphatic rings. The van der Waals surface area contributed by atoms with Gasteiger partial charge in [-0.15, -0.1) is 0 Å². The molecule has 0 amide bonds. The van der Waals surface area contributed by atoms with Gasteiger partial charge >= 0.3 is 0 Å². The van der Waals surface area contributed by atoms with E-state index in [1.54, 1.807) is 0 Å². The van der Waals surface area contributed by atoms with Crippen LogP contribution in [0, 0.1) is 17.3 Å². The summed E-state index contributed by atoms with van der Waals surface area (Å²) in [6.07, 6.45) is 6.24. The molecule has 118 valence electrons. The van der Waals surface area contributed by atoms with Gasteiger partial charge in [0.25, 0.3) is 0 Å². The predicted octanol–water partition coefficient (Wildman–Crippen LogP) is 5.15. The van der Waals surface area contributed by atoms with Gasteiger partial charge in [-0.05, 0) is 64.4 Å². The van der Waals surface area contributed by atoms with E-state index in [-0.39, 0.29) is 5.41 Å². The summed E-state index contributed by atoms with van der Waals surface area (Å²) in [6, 6.07) is 8.76. The summed E-state index contributed by atoms with van der Waals surface area (Å²) in [7, 11) is 2.14. The summed E-state index contributed by atoms with van der Waals surface area (Å²) < 4.78 is 0. The van der Waals surface area contributed by atoms with Crippen molar-refractivity contribution in [2.75, 3.05) is 13.6 Å². The highest BCUT2D eigenvalue weighted by Gasteiger charge is 2.02. The van der Waals surface area contributed by atoms with Crippen molar-refractivity contribution in [1.82, 2.24) is 4.90 Å². The molecular weight excluding hydrogens is 266 g/mol. The number of hydrogen-bond donors (Lipinski definition) is 0. The summed E-state index contributed by atoms with van der Waals surface area (Å²) in [5.41, 5.74) is 4.04. The largest absolute Gasteiger partial charge is 0.298 e. The minimum atomic E-state index is 0.0708. The summed E-state index contributed by atoms with van der Waals surface area (Å²) >= 11 is 0. The lowest BCUT2D eigenvalue weighted by atomic mass is 9.98. The van der Waals surface area contributed by atoms with Crippen LogP contribution in [-0.2, 0) is 6.54 Å². The molecular formula is C21H29N. The number of hydrogen-bond acceptors (Lipinski definition) is 1. The van der Waals surface area contributed by atoms with Gasteiger partial charge in [0.2, 0.25) is 0 Å². The number of nitrogens with zero attached hydrogens (tertiary/aromatic N) is 1. The minimum absolute atomic E-state index is 0.0708. The Morgan fingerprint density at radius 3 is 2.64 bits per heavy atom. The number of likely N-dealkylation sites (N-methyl/N-ethyl adjacent to an activating group) is 1. The zero-order valence-electron chi connectivity index (χ0n) is 14.9. The highest BCUT2D eigenvalue weighted by molar-refractivity contribution is 5.63.